The van der Waals surface area contributed by atoms with E-state index in [4.69, 9.17) is 15.2 Å². The number of fused-ring (bicyclic) bond motifs is 1. The second-order valence-electron chi connectivity index (χ2n) is 4.28. The zero-order chi connectivity index (χ0) is 13.9. The molecule has 2 aromatic rings. The molecule has 2 heterocycles. The lowest BCUT2D eigenvalue weighted by Crippen LogP contribution is -2.16. The summed E-state index contributed by atoms with van der Waals surface area (Å²) >= 11 is 0. The van der Waals surface area contributed by atoms with Gasteiger partial charge in [0.2, 0.25) is 0 Å². The third-order valence-electron chi connectivity index (χ3n) is 2.85. The highest BCUT2D eigenvalue weighted by molar-refractivity contribution is 6.04. The summed E-state index contributed by atoms with van der Waals surface area (Å²) in [7, 11) is 0. The van der Waals surface area contributed by atoms with Gasteiger partial charge in [-0.3, -0.25) is 4.79 Å². The van der Waals surface area contributed by atoms with Crippen molar-refractivity contribution >= 4 is 17.4 Å². The number of ether oxygens (including phenoxy) is 2. The molecule has 3 N–H and O–H groups in total. The molecule has 1 aliphatic rings. The summed E-state index contributed by atoms with van der Waals surface area (Å²) in [4.78, 5) is 15.9. The van der Waals surface area contributed by atoms with Crippen LogP contribution in [0.25, 0.3) is 0 Å². The Labute approximate surface area is 115 Å². The predicted octanol–water partition coefficient (Wildman–Crippen LogP) is 1.69. The maximum absolute atomic E-state index is 12.0. The van der Waals surface area contributed by atoms with E-state index >= 15 is 0 Å². The van der Waals surface area contributed by atoms with Crippen LogP contribution in [-0.4, -0.2) is 24.1 Å². The minimum absolute atomic E-state index is 0.255. The average Bonchev–Trinajstić information content (AvgIpc) is 2.48. The Morgan fingerprint density at radius 1 is 1.15 bits per heavy atom. The molecule has 0 saturated carbocycles. The van der Waals surface area contributed by atoms with Crippen LogP contribution in [0, 0.1) is 0 Å². The van der Waals surface area contributed by atoms with Gasteiger partial charge in [0.1, 0.15) is 19.0 Å². The Kier molecular flexibility index (Phi) is 3.12. The maximum atomic E-state index is 12.0. The molecule has 0 atom stereocenters. The van der Waals surface area contributed by atoms with Crippen molar-refractivity contribution < 1.29 is 14.3 Å². The Morgan fingerprint density at radius 3 is 2.70 bits per heavy atom. The van der Waals surface area contributed by atoms with Gasteiger partial charge in [0.15, 0.2) is 11.5 Å². The molecule has 1 aromatic heterocycles. The number of aromatic nitrogens is 1. The summed E-state index contributed by atoms with van der Waals surface area (Å²) in [6.45, 7) is 1.04. The normalized spacial score (nSPS) is 12.8. The van der Waals surface area contributed by atoms with Crippen molar-refractivity contribution in [2.24, 2.45) is 0 Å². The van der Waals surface area contributed by atoms with E-state index in [1.807, 2.05) is 0 Å². The van der Waals surface area contributed by atoms with E-state index in [1.165, 1.54) is 6.20 Å². The Morgan fingerprint density at radius 2 is 1.95 bits per heavy atom. The Bertz CT molecular complexity index is 641. The number of nitrogen functional groups attached to an aromatic ring is 1. The van der Waals surface area contributed by atoms with Crippen LogP contribution in [0.2, 0.25) is 0 Å². The summed E-state index contributed by atoms with van der Waals surface area (Å²) < 4.78 is 10.9. The fourth-order valence-corrected chi connectivity index (χ4v) is 1.86. The Hall–Kier alpha value is -2.76. The third-order valence-corrected chi connectivity index (χ3v) is 2.85. The van der Waals surface area contributed by atoms with Crippen molar-refractivity contribution in [2.75, 3.05) is 24.3 Å². The number of rotatable bonds is 2. The number of nitrogens with zero attached hydrogens (tertiary/aromatic N) is 1. The summed E-state index contributed by atoms with van der Waals surface area (Å²) in [6, 6.07) is 8.47. The number of pyridine rings is 1. The number of nitrogens with one attached hydrogen (secondary N) is 1. The lowest BCUT2D eigenvalue weighted by molar-refractivity contribution is 0.102. The van der Waals surface area contributed by atoms with Gasteiger partial charge in [-0.15, -0.1) is 0 Å². The number of hydrogen-bond acceptors (Lipinski definition) is 5. The number of amides is 1. The van der Waals surface area contributed by atoms with Crippen molar-refractivity contribution in [3.8, 4) is 11.5 Å². The summed E-state index contributed by atoms with van der Waals surface area (Å²) in [5, 5.41) is 2.77. The average molecular weight is 271 g/mol. The molecule has 6 nitrogen and oxygen atoms in total. The molecule has 1 aromatic carbocycles. The Balaban J connectivity index is 1.77. The third kappa shape index (κ3) is 2.49. The first-order valence-corrected chi connectivity index (χ1v) is 6.15. The molecule has 0 spiro atoms. The van der Waals surface area contributed by atoms with E-state index in [0.717, 1.165) is 0 Å². The second-order valence-corrected chi connectivity index (χ2v) is 4.28. The molecule has 6 heteroatoms. The molecule has 0 aliphatic carbocycles. The number of carbonyl (C=O) groups excluding carboxylic acids is 1. The van der Waals surface area contributed by atoms with Crippen LogP contribution in [-0.2, 0) is 0 Å². The SMILES string of the molecule is Nc1ccc(C(=O)Nc2ccc3c(c2)OCCO3)cn1. The van der Waals surface area contributed by atoms with Crippen LogP contribution in [0.3, 0.4) is 0 Å². The van der Waals surface area contributed by atoms with Crippen LogP contribution in [0.5, 0.6) is 11.5 Å². The van der Waals surface area contributed by atoms with E-state index < -0.39 is 0 Å². The predicted molar refractivity (Wildman–Crippen MR) is 74.0 cm³/mol. The topological polar surface area (TPSA) is 86.5 Å². The van der Waals surface area contributed by atoms with Crippen molar-refractivity contribution in [3.05, 3.63) is 42.1 Å². The first-order valence-electron chi connectivity index (χ1n) is 6.15. The molecule has 1 amide bonds. The number of benzene rings is 1. The van der Waals surface area contributed by atoms with Crippen molar-refractivity contribution in [3.63, 3.8) is 0 Å². The van der Waals surface area contributed by atoms with Crippen LogP contribution in [0.1, 0.15) is 10.4 Å². The van der Waals surface area contributed by atoms with Crippen molar-refractivity contribution in [1.82, 2.24) is 4.98 Å². The minimum Gasteiger partial charge on any atom is -0.486 e. The molecule has 3 rings (SSSR count). The molecular formula is C14H13N3O3. The number of nitrogens with two attached hydrogens (primary N) is 1. The monoisotopic (exact) mass is 271 g/mol. The molecule has 0 bridgehead atoms. The first-order chi connectivity index (χ1) is 9.72. The van der Waals surface area contributed by atoms with E-state index in [0.29, 0.717) is 41.8 Å². The van der Waals surface area contributed by atoms with Gasteiger partial charge in [-0.05, 0) is 24.3 Å². The van der Waals surface area contributed by atoms with Gasteiger partial charge in [-0.2, -0.15) is 0 Å². The highest BCUT2D eigenvalue weighted by Gasteiger charge is 2.13. The molecule has 0 fully saturated rings. The molecule has 0 saturated heterocycles. The van der Waals surface area contributed by atoms with Crippen molar-refractivity contribution in [2.45, 2.75) is 0 Å². The van der Waals surface area contributed by atoms with E-state index in [1.54, 1.807) is 30.3 Å². The van der Waals surface area contributed by atoms with Gasteiger partial charge >= 0.3 is 0 Å². The molecule has 0 unspecified atom stereocenters. The highest BCUT2D eigenvalue weighted by atomic mass is 16.6. The fraction of sp³-hybridized carbons (Fsp3) is 0.143. The molecule has 20 heavy (non-hydrogen) atoms. The summed E-state index contributed by atoms with van der Waals surface area (Å²) in [5.74, 6) is 1.43. The standard InChI is InChI=1S/C14H13N3O3/c15-13-4-1-9(8-16-13)14(18)17-10-2-3-11-12(7-10)20-6-5-19-11/h1-4,7-8H,5-6H2,(H2,15,16)(H,17,18). The molecule has 102 valence electrons. The van der Waals surface area contributed by atoms with Gasteiger partial charge in [-0.25, -0.2) is 4.98 Å². The van der Waals surface area contributed by atoms with Crippen LogP contribution >= 0.6 is 0 Å². The maximum Gasteiger partial charge on any atom is 0.257 e. The molecular weight excluding hydrogens is 258 g/mol. The smallest absolute Gasteiger partial charge is 0.257 e. The van der Waals surface area contributed by atoms with Gasteiger partial charge in [0.05, 0.1) is 5.56 Å². The van der Waals surface area contributed by atoms with E-state index in [2.05, 4.69) is 10.3 Å². The quantitative estimate of drug-likeness (QED) is 0.868. The van der Waals surface area contributed by atoms with Gasteiger partial charge in [0, 0.05) is 18.0 Å². The molecule has 1 aliphatic heterocycles. The zero-order valence-corrected chi connectivity index (χ0v) is 10.6. The zero-order valence-electron chi connectivity index (χ0n) is 10.6. The van der Waals surface area contributed by atoms with Crippen LogP contribution in [0.4, 0.5) is 11.5 Å². The number of anilines is 2. The van der Waals surface area contributed by atoms with E-state index in [-0.39, 0.29) is 5.91 Å². The summed E-state index contributed by atoms with van der Waals surface area (Å²) in [6.07, 6.45) is 1.43. The second kappa shape index (κ2) is 5.08. The first kappa shape index (κ1) is 12.3. The molecule has 0 radical (unpaired) electrons. The van der Waals surface area contributed by atoms with Gasteiger partial charge < -0.3 is 20.5 Å². The highest BCUT2D eigenvalue weighted by Crippen LogP contribution is 2.32. The number of carbonyl (C=O) groups is 1. The van der Waals surface area contributed by atoms with Crippen LogP contribution < -0.4 is 20.5 Å². The summed E-state index contributed by atoms with van der Waals surface area (Å²) in [5.41, 5.74) is 6.56. The fourth-order valence-electron chi connectivity index (χ4n) is 1.86. The number of hydrogen-bond donors (Lipinski definition) is 2. The largest absolute Gasteiger partial charge is 0.486 e. The minimum atomic E-state index is -0.255. The van der Waals surface area contributed by atoms with Gasteiger partial charge in [0.25, 0.3) is 5.91 Å². The van der Waals surface area contributed by atoms with Crippen molar-refractivity contribution in [1.29, 1.82) is 0 Å². The van der Waals surface area contributed by atoms with Gasteiger partial charge in [-0.1, -0.05) is 0 Å². The van der Waals surface area contributed by atoms with Crippen LogP contribution in [0.15, 0.2) is 36.5 Å². The van der Waals surface area contributed by atoms with E-state index in [9.17, 15) is 4.79 Å². The lowest BCUT2D eigenvalue weighted by atomic mass is 10.2. The lowest BCUT2D eigenvalue weighted by Gasteiger charge is -2.19.